The molecule has 1 aliphatic heterocycles. The van der Waals surface area contributed by atoms with E-state index in [4.69, 9.17) is 7.98 Å². The first-order chi connectivity index (χ1) is 10.4. The molecule has 0 N–H and O–H groups in total. The van der Waals surface area contributed by atoms with Gasteiger partial charge in [-0.15, -0.1) is 0 Å². The fourth-order valence-electron chi connectivity index (χ4n) is 5.50. The highest BCUT2D eigenvalue weighted by molar-refractivity contribution is 6.05. The summed E-state index contributed by atoms with van der Waals surface area (Å²) in [5, 5.41) is 0. The van der Waals surface area contributed by atoms with E-state index in [0.29, 0.717) is 12.1 Å². The molecule has 4 atom stereocenters. The van der Waals surface area contributed by atoms with Crippen molar-refractivity contribution in [1.29, 1.82) is 0 Å². The van der Waals surface area contributed by atoms with Gasteiger partial charge in [0.25, 0.3) is 0 Å². The zero-order valence-electron chi connectivity index (χ0n) is 13.9. The van der Waals surface area contributed by atoms with Gasteiger partial charge in [0.2, 0.25) is 0 Å². The Balaban J connectivity index is 1.73. The Morgan fingerprint density at radius 2 is 0.810 bits per heavy atom. The second kappa shape index (κ2) is 8.04. The Labute approximate surface area is 133 Å². The molecule has 2 aliphatic carbocycles. The summed E-state index contributed by atoms with van der Waals surface area (Å²) in [5.74, 6) is 1.83. The molecule has 0 amide bonds. The number of hydrogen-bond acceptors (Lipinski definition) is 1. The van der Waals surface area contributed by atoms with Crippen molar-refractivity contribution in [2.24, 2.45) is 11.8 Å². The lowest BCUT2D eigenvalue weighted by Crippen LogP contribution is -2.36. The van der Waals surface area contributed by atoms with E-state index in [1.54, 1.807) is 0 Å². The SMILES string of the molecule is [B]N1C2CCCCCCCCC2C2CCCCCCCC21. The fraction of sp³-hybridized carbons (Fsp3) is 1.00. The molecule has 2 saturated carbocycles. The number of fused-ring (bicyclic) bond motifs is 3. The molecule has 118 valence electrons. The van der Waals surface area contributed by atoms with Crippen LogP contribution in [-0.4, -0.2) is 24.9 Å². The molecule has 1 saturated heterocycles. The third-order valence-electron chi connectivity index (χ3n) is 6.63. The van der Waals surface area contributed by atoms with Gasteiger partial charge in [-0.2, -0.15) is 0 Å². The molecule has 3 fully saturated rings. The van der Waals surface area contributed by atoms with Crippen LogP contribution in [0.3, 0.4) is 0 Å². The highest BCUT2D eigenvalue weighted by atomic mass is 15.1. The zero-order valence-corrected chi connectivity index (χ0v) is 13.9. The van der Waals surface area contributed by atoms with Gasteiger partial charge in [-0.25, -0.2) is 0 Å². The lowest BCUT2D eigenvalue weighted by atomic mass is 9.78. The van der Waals surface area contributed by atoms with Gasteiger partial charge < -0.3 is 4.81 Å². The van der Waals surface area contributed by atoms with E-state index in [9.17, 15) is 0 Å². The van der Waals surface area contributed by atoms with Gasteiger partial charge in [0.05, 0.1) is 0 Å². The molecule has 2 radical (unpaired) electrons. The number of hydrogen-bond donors (Lipinski definition) is 0. The van der Waals surface area contributed by atoms with Crippen molar-refractivity contribution in [3.05, 3.63) is 0 Å². The minimum Gasteiger partial charge on any atom is -0.348 e. The summed E-state index contributed by atoms with van der Waals surface area (Å²) in [6, 6.07) is 1.41. The lowest BCUT2D eigenvalue weighted by molar-refractivity contribution is 0.265. The topological polar surface area (TPSA) is 3.24 Å². The lowest BCUT2D eigenvalue weighted by Gasteiger charge is -2.29. The molecule has 3 rings (SSSR count). The van der Waals surface area contributed by atoms with Crippen LogP contribution in [-0.2, 0) is 0 Å². The van der Waals surface area contributed by atoms with Crippen LogP contribution in [0, 0.1) is 11.8 Å². The third-order valence-corrected chi connectivity index (χ3v) is 6.63. The molecule has 0 bridgehead atoms. The van der Waals surface area contributed by atoms with E-state index < -0.39 is 0 Å². The maximum absolute atomic E-state index is 6.66. The van der Waals surface area contributed by atoms with Crippen LogP contribution in [0.25, 0.3) is 0 Å². The molecule has 4 unspecified atom stereocenters. The minimum atomic E-state index is 0.706. The van der Waals surface area contributed by atoms with E-state index in [2.05, 4.69) is 4.81 Å². The Morgan fingerprint density at radius 1 is 0.476 bits per heavy atom. The number of nitrogens with zero attached hydrogens (tertiary/aromatic N) is 1. The summed E-state index contributed by atoms with van der Waals surface area (Å²) >= 11 is 0. The molecular weight excluding hydrogens is 253 g/mol. The van der Waals surface area contributed by atoms with Crippen molar-refractivity contribution < 1.29 is 0 Å². The Morgan fingerprint density at radius 3 is 1.24 bits per heavy atom. The molecule has 2 heteroatoms. The maximum Gasteiger partial charge on any atom is 0.183 e. The molecule has 3 aliphatic rings. The van der Waals surface area contributed by atoms with Gasteiger partial charge >= 0.3 is 0 Å². The van der Waals surface area contributed by atoms with Gasteiger partial charge in [0, 0.05) is 12.1 Å². The molecule has 1 heterocycles. The van der Waals surface area contributed by atoms with Crippen molar-refractivity contribution in [3.63, 3.8) is 0 Å². The standard InChI is InChI=1S/C19H34BN/c20-21-18-14-10-6-2-1-4-8-12-16(18)17-13-9-5-3-7-11-15-19(17)21/h16-19H,1-15H2. The molecule has 0 spiro atoms. The van der Waals surface area contributed by atoms with Crippen LogP contribution in [0.2, 0.25) is 0 Å². The zero-order chi connectivity index (χ0) is 14.5. The molecule has 0 aromatic rings. The van der Waals surface area contributed by atoms with Gasteiger partial charge in [0.15, 0.2) is 7.98 Å². The highest BCUT2D eigenvalue weighted by Gasteiger charge is 2.44. The first-order valence-electron chi connectivity index (χ1n) is 9.91. The third kappa shape index (κ3) is 3.87. The van der Waals surface area contributed by atoms with Crippen molar-refractivity contribution in [1.82, 2.24) is 4.81 Å². The summed E-state index contributed by atoms with van der Waals surface area (Å²) in [6.07, 6.45) is 21.6. The number of rotatable bonds is 0. The van der Waals surface area contributed by atoms with E-state index in [0.717, 1.165) is 11.8 Å². The van der Waals surface area contributed by atoms with Gasteiger partial charge in [0.1, 0.15) is 0 Å². The van der Waals surface area contributed by atoms with Crippen LogP contribution in [0.15, 0.2) is 0 Å². The predicted octanol–water partition coefficient (Wildman–Crippen LogP) is 5.23. The molecule has 21 heavy (non-hydrogen) atoms. The van der Waals surface area contributed by atoms with Crippen LogP contribution in [0.5, 0.6) is 0 Å². The Kier molecular flexibility index (Phi) is 6.09. The summed E-state index contributed by atoms with van der Waals surface area (Å²) in [4.78, 5) is 2.36. The predicted molar refractivity (Wildman–Crippen MR) is 91.4 cm³/mol. The average Bonchev–Trinajstić information content (AvgIpc) is 2.81. The smallest absolute Gasteiger partial charge is 0.183 e. The van der Waals surface area contributed by atoms with Gasteiger partial charge in [-0.1, -0.05) is 70.6 Å². The first-order valence-corrected chi connectivity index (χ1v) is 9.91. The largest absolute Gasteiger partial charge is 0.348 e. The van der Waals surface area contributed by atoms with Crippen molar-refractivity contribution in [3.8, 4) is 0 Å². The fourth-order valence-corrected chi connectivity index (χ4v) is 5.50. The quantitative estimate of drug-likeness (QED) is 0.551. The van der Waals surface area contributed by atoms with Crippen LogP contribution >= 0.6 is 0 Å². The summed E-state index contributed by atoms with van der Waals surface area (Å²) < 4.78 is 0. The minimum absolute atomic E-state index is 0.706. The van der Waals surface area contributed by atoms with E-state index in [1.165, 1.54) is 96.3 Å². The molecule has 0 aromatic carbocycles. The van der Waals surface area contributed by atoms with Crippen molar-refractivity contribution in [2.75, 3.05) is 0 Å². The van der Waals surface area contributed by atoms with Crippen LogP contribution in [0.1, 0.15) is 96.3 Å². The summed E-state index contributed by atoms with van der Waals surface area (Å²) in [7, 11) is 6.66. The van der Waals surface area contributed by atoms with Gasteiger partial charge in [-0.3, -0.25) is 0 Å². The van der Waals surface area contributed by atoms with E-state index in [-0.39, 0.29) is 0 Å². The molecular formula is C19H34BN. The first kappa shape index (κ1) is 15.9. The Hall–Kier alpha value is 0.0249. The Bertz CT molecular complexity index is 306. The second-order valence-electron chi connectivity index (χ2n) is 7.95. The van der Waals surface area contributed by atoms with Gasteiger partial charge in [-0.05, 0) is 37.5 Å². The molecule has 1 nitrogen and oxygen atoms in total. The van der Waals surface area contributed by atoms with E-state index in [1.807, 2.05) is 0 Å². The second-order valence-corrected chi connectivity index (χ2v) is 7.95. The van der Waals surface area contributed by atoms with Crippen LogP contribution in [0.4, 0.5) is 0 Å². The summed E-state index contributed by atoms with van der Waals surface area (Å²) in [6.45, 7) is 0. The molecule has 0 aromatic heterocycles. The monoisotopic (exact) mass is 287 g/mol. The van der Waals surface area contributed by atoms with Crippen molar-refractivity contribution >= 4 is 7.98 Å². The maximum atomic E-state index is 6.66. The van der Waals surface area contributed by atoms with Crippen molar-refractivity contribution in [2.45, 2.75) is 108 Å². The normalized spacial score (nSPS) is 40.4. The van der Waals surface area contributed by atoms with E-state index >= 15 is 0 Å². The van der Waals surface area contributed by atoms with Crippen LogP contribution < -0.4 is 0 Å². The summed E-state index contributed by atoms with van der Waals surface area (Å²) in [5.41, 5.74) is 0. The highest BCUT2D eigenvalue weighted by Crippen LogP contribution is 2.44. The average molecular weight is 287 g/mol.